The van der Waals surface area contributed by atoms with Gasteiger partial charge in [-0.15, -0.1) is 0 Å². The van der Waals surface area contributed by atoms with Gasteiger partial charge >= 0.3 is 5.97 Å². The van der Waals surface area contributed by atoms with Crippen molar-refractivity contribution < 1.29 is 14.3 Å². The average molecular weight is 309 g/mol. The minimum Gasteiger partial charge on any atom is -0.461 e. The largest absolute Gasteiger partial charge is 0.461 e. The van der Waals surface area contributed by atoms with Crippen LogP contribution in [0, 0.1) is 5.92 Å². The SMILES string of the molecule is C=C/C=C(/C)C=C.CCCC1COC[C@H](N)C(=O)OC(C)C1. The predicted molar refractivity (Wildman–Crippen MR) is 91.5 cm³/mol. The maximum Gasteiger partial charge on any atom is 0.325 e. The van der Waals surface area contributed by atoms with Crippen LogP contribution in [0.5, 0.6) is 0 Å². The van der Waals surface area contributed by atoms with Crippen molar-refractivity contribution in [1.29, 1.82) is 0 Å². The number of allylic oxidation sites excluding steroid dienone is 4. The van der Waals surface area contributed by atoms with Crippen LogP contribution in [0.15, 0.2) is 37.0 Å². The summed E-state index contributed by atoms with van der Waals surface area (Å²) >= 11 is 0. The third kappa shape index (κ3) is 9.53. The Morgan fingerprint density at radius 2 is 2.09 bits per heavy atom. The first kappa shape index (κ1) is 20.6. The first-order valence-corrected chi connectivity index (χ1v) is 7.90. The molecule has 2 unspecified atom stereocenters. The second-order valence-corrected chi connectivity index (χ2v) is 5.63. The van der Waals surface area contributed by atoms with Crippen molar-refractivity contribution in [1.82, 2.24) is 0 Å². The molecule has 1 rings (SSSR count). The molecule has 2 N–H and O–H groups in total. The Hall–Kier alpha value is -1.39. The number of nitrogens with two attached hydrogens (primary N) is 1. The van der Waals surface area contributed by atoms with E-state index in [4.69, 9.17) is 15.2 Å². The molecule has 0 radical (unpaired) electrons. The fourth-order valence-corrected chi connectivity index (χ4v) is 2.16. The number of rotatable bonds is 4. The highest BCUT2D eigenvalue weighted by Gasteiger charge is 2.23. The number of cyclic esters (lactones) is 1. The van der Waals surface area contributed by atoms with Crippen molar-refractivity contribution in [2.24, 2.45) is 11.7 Å². The van der Waals surface area contributed by atoms with Gasteiger partial charge in [-0.05, 0) is 32.6 Å². The summed E-state index contributed by atoms with van der Waals surface area (Å²) in [4.78, 5) is 11.4. The highest BCUT2D eigenvalue weighted by Crippen LogP contribution is 2.17. The summed E-state index contributed by atoms with van der Waals surface area (Å²) in [5, 5.41) is 0. The van der Waals surface area contributed by atoms with Crippen LogP contribution in [0.4, 0.5) is 0 Å². The summed E-state index contributed by atoms with van der Waals surface area (Å²) in [6.07, 6.45) is 8.50. The predicted octanol–water partition coefficient (Wildman–Crippen LogP) is 3.39. The molecule has 4 nitrogen and oxygen atoms in total. The molecule has 0 aromatic carbocycles. The van der Waals surface area contributed by atoms with Crippen molar-refractivity contribution in [3.05, 3.63) is 37.0 Å². The zero-order valence-electron chi connectivity index (χ0n) is 14.2. The third-order valence-corrected chi connectivity index (χ3v) is 3.34. The molecule has 1 aliphatic rings. The van der Waals surface area contributed by atoms with Gasteiger partial charge < -0.3 is 15.2 Å². The van der Waals surface area contributed by atoms with Crippen molar-refractivity contribution in [2.75, 3.05) is 13.2 Å². The molecule has 0 aromatic heterocycles. The van der Waals surface area contributed by atoms with Gasteiger partial charge in [0.2, 0.25) is 0 Å². The molecular formula is C18H31NO3. The molecule has 1 heterocycles. The van der Waals surface area contributed by atoms with E-state index in [2.05, 4.69) is 20.1 Å². The maximum absolute atomic E-state index is 11.4. The minimum atomic E-state index is -0.632. The second-order valence-electron chi connectivity index (χ2n) is 5.63. The van der Waals surface area contributed by atoms with Crippen LogP contribution in [0.1, 0.15) is 40.0 Å². The lowest BCUT2D eigenvalue weighted by molar-refractivity contribution is -0.150. The summed E-state index contributed by atoms with van der Waals surface area (Å²) in [6, 6.07) is -0.632. The van der Waals surface area contributed by atoms with E-state index in [1.807, 2.05) is 19.9 Å². The Morgan fingerprint density at radius 1 is 1.41 bits per heavy atom. The molecular weight excluding hydrogens is 278 g/mol. The fraction of sp³-hybridized carbons (Fsp3) is 0.611. The first-order chi connectivity index (χ1) is 10.4. The van der Waals surface area contributed by atoms with Gasteiger partial charge in [0.15, 0.2) is 0 Å². The highest BCUT2D eigenvalue weighted by atomic mass is 16.5. The number of carbonyl (C=O) groups excluding carboxylic acids is 1. The summed E-state index contributed by atoms with van der Waals surface area (Å²) in [7, 11) is 0. The van der Waals surface area contributed by atoms with Gasteiger partial charge in [-0.2, -0.15) is 0 Å². The van der Waals surface area contributed by atoms with Gasteiger partial charge in [0.05, 0.1) is 12.7 Å². The van der Waals surface area contributed by atoms with Crippen molar-refractivity contribution >= 4 is 5.97 Å². The number of esters is 1. The van der Waals surface area contributed by atoms with E-state index in [-0.39, 0.29) is 18.7 Å². The van der Waals surface area contributed by atoms with E-state index in [0.717, 1.165) is 24.8 Å². The molecule has 1 saturated heterocycles. The molecule has 0 bridgehead atoms. The molecule has 0 saturated carbocycles. The van der Waals surface area contributed by atoms with Crippen molar-refractivity contribution in [3.63, 3.8) is 0 Å². The monoisotopic (exact) mass is 309 g/mol. The van der Waals surface area contributed by atoms with Crippen LogP contribution < -0.4 is 5.73 Å². The first-order valence-electron chi connectivity index (χ1n) is 7.90. The van der Waals surface area contributed by atoms with E-state index in [0.29, 0.717) is 12.5 Å². The molecule has 22 heavy (non-hydrogen) atoms. The summed E-state index contributed by atoms with van der Waals surface area (Å²) in [6.45, 7) is 14.1. The van der Waals surface area contributed by atoms with Crippen molar-refractivity contribution in [3.8, 4) is 0 Å². The number of hydrogen-bond acceptors (Lipinski definition) is 4. The number of carbonyl (C=O) groups is 1. The fourth-order valence-electron chi connectivity index (χ4n) is 2.16. The van der Waals surface area contributed by atoms with Crippen LogP contribution in [0.25, 0.3) is 0 Å². The molecule has 126 valence electrons. The minimum absolute atomic E-state index is 0.0539. The Labute approximate surface area is 135 Å². The van der Waals surface area contributed by atoms with Gasteiger partial charge in [-0.25, -0.2) is 0 Å². The maximum atomic E-state index is 11.4. The molecule has 4 heteroatoms. The van der Waals surface area contributed by atoms with Gasteiger partial charge in [0, 0.05) is 6.61 Å². The van der Waals surface area contributed by atoms with Gasteiger partial charge in [-0.3, -0.25) is 4.79 Å². The Balaban J connectivity index is 0.000000534. The third-order valence-electron chi connectivity index (χ3n) is 3.34. The topological polar surface area (TPSA) is 61.5 Å². The van der Waals surface area contributed by atoms with Crippen LogP contribution in [0.2, 0.25) is 0 Å². The van der Waals surface area contributed by atoms with Crippen LogP contribution in [-0.2, 0) is 14.3 Å². The van der Waals surface area contributed by atoms with E-state index in [1.165, 1.54) is 0 Å². The molecule has 0 spiro atoms. The number of ether oxygens (including phenoxy) is 2. The van der Waals surface area contributed by atoms with E-state index < -0.39 is 6.04 Å². The number of hydrogen-bond donors (Lipinski definition) is 1. The smallest absolute Gasteiger partial charge is 0.325 e. The lowest BCUT2D eigenvalue weighted by Crippen LogP contribution is -2.37. The quantitative estimate of drug-likeness (QED) is 0.639. The molecule has 1 fully saturated rings. The molecule has 0 aliphatic carbocycles. The van der Waals surface area contributed by atoms with E-state index in [1.54, 1.807) is 12.2 Å². The van der Waals surface area contributed by atoms with E-state index in [9.17, 15) is 4.79 Å². The summed E-state index contributed by atoms with van der Waals surface area (Å²) < 4.78 is 10.6. The zero-order valence-corrected chi connectivity index (χ0v) is 14.2. The van der Waals surface area contributed by atoms with Crippen LogP contribution in [-0.4, -0.2) is 31.3 Å². The lowest BCUT2D eigenvalue weighted by atomic mass is 9.98. The zero-order chi connectivity index (χ0) is 17.0. The Kier molecular flexibility index (Phi) is 11.4. The molecule has 3 atom stereocenters. The molecule has 0 amide bonds. The van der Waals surface area contributed by atoms with Crippen LogP contribution >= 0.6 is 0 Å². The standard InChI is InChI=1S/C11H21NO3.C7H10/c1-3-4-9-5-8(2)15-11(13)10(12)7-14-6-9;1-4-6-7(3)5-2/h8-10H,3-7,12H2,1-2H3;4-6H,1-2H2,3H3/b;7-6-/t8?,9?,10-;/m0./s1. The van der Waals surface area contributed by atoms with E-state index >= 15 is 0 Å². The summed E-state index contributed by atoms with van der Waals surface area (Å²) in [5.41, 5.74) is 6.75. The molecule has 0 aromatic rings. The Morgan fingerprint density at radius 3 is 2.59 bits per heavy atom. The van der Waals surface area contributed by atoms with Gasteiger partial charge in [0.25, 0.3) is 0 Å². The highest BCUT2D eigenvalue weighted by molar-refractivity contribution is 5.75. The molecule has 1 aliphatic heterocycles. The van der Waals surface area contributed by atoms with Gasteiger partial charge in [0.1, 0.15) is 6.04 Å². The van der Waals surface area contributed by atoms with Gasteiger partial charge in [-0.1, -0.05) is 50.3 Å². The lowest BCUT2D eigenvalue weighted by Gasteiger charge is -2.18. The normalized spacial score (nSPS) is 26.5. The Bertz CT molecular complexity index is 377. The second kappa shape index (κ2) is 12.2. The summed E-state index contributed by atoms with van der Waals surface area (Å²) in [5.74, 6) is 0.128. The van der Waals surface area contributed by atoms with Crippen molar-refractivity contribution in [2.45, 2.75) is 52.2 Å². The average Bonchev–Trinajstić information content (AvgIpc) is 2.52. The van der Waals surface area contributed by atoms with Crippen LogP contribution in [0.3, 0.4) is 0 Å².